The molecule has 0 radical (unpaired) electrons. The molecule has 0 aromatic carbocycles. The summed E-state index contributed by atoms with van der Waals surface area (Å²) in [6, 6.07) is 0. The Morgan fingerprint density at radius 2 is 1.59 bits per heavy atom. The Balaban J connectivity index is 1.87. The number of carbonyl (C=O) groups is 4. The first kappa shape index (κ1) is 11.4. The zero-order chi connectivity index (χ0) is 12.4. The molecule has 0 aromatic heterocycles. The van der Waals surface area contributed by atoms with Gasteiger partial charge in [-0.05, 0) is 6.42 Å². The number of hydroxylamine groups is 4. The van der Waals surface area contributed by atoms with Crippen molar-refractivity contribution in [3.05, 3.63) is 0 Å². The van der Waals surface area contributed by atoms with Gasteiger partial charge in [0.25, 0.3) is 17.7 Å². The summed E-state index contributed by atoms with van der Waals surface area (Å²) in [5.41, 5.74) is 0. The second-order valence-corrected chi connectivity index (χ2v) is 3.61. The van der Waals surface area contributed by atoms with E-state index < -0.39 is 18.0 Å². The number of rotatable bonds is 2. The Morgan fingerprint density at radius 3 is 2.12 bits per heavy atom. The van der Waals surface area contributed by atoms with Crippen molar-refractivity contribution in [2.75, 3.05) is 6.54 Å². The van der Waals surface area contributed by atoms with Gasteiger partial charge < -0.3 is 4.84 Å². The van der Waals surface area contributed by atoms with Crippen LogP contribution in [0.25, 0.3) is 0 Å². The largest absolute Gasteiger partial charge is 0.559 e. The molecule has 2 fully saturated rings. The lowest BCUT2D eigenvalue weighted by molar-refractivity contribution is -0.195. The number of hydrogen-bond donors (Lipinski definition) is 0. The molecule has 0 aliphatic carbocycles. The van der Waals surface area contributed by atoms with Crippen LogP contribution in [0.2, 0.25) is 0 Å². The molecule has 0 N–H and O–H groups in total. The lowest BCUT2D eigenvalue weighted by Crippen LogP contribution is -2.36. The van der Waals surface area contributed by atoms with Crippen molar-refractivity contribution in [1.29, 1.82) is 0 Å². The van der Waals surface area contributed by atoms with Crippen LogP contribution in [0.1, 0.15) is 25.7 Å². The molecule has 2 heterocycles. The number of imide groups is 1. The van der Waals surface area contributed by atoms with Crippen LogP contribution in [0.15, 0.2) is 0 Å². The van der Waals surface area contributed by atoms with Crippen LogP contribution in [0.4, 0.5) is 4.79 Å². The third-order valence-electron chi connectivity index (χ3n) is 2.39. The van der Waals surface area contributed by atoms with E-state index in [1.54, 1.807) is 0 Å². The highest BCUT2D eigenvalue weighted by atomic mass is 16.9. The SMILES string of the molecule is O=C(ON1CCCC1=O)ON1C(=O)CCC1=O. The first-order valence-electron chi connectivity index (χ1n) is 5.14. The summed E-state index contributed by atoms with van der Waals surface area (Å²) in [4.78, 5) is 53.5. The van der Waals surface area contributed by atoms with Crippen LogP contribution >= 0.6 is 0 Å². The lowest BCUT2D eigenvalue weighted by atomic mass is 10.4. The smallest absolute Gasteiger partial charge is 0.301 e. The summed E-state index contributed by atoms with van der Waals surface area (Å²) in [6.07, 6.45) is -0.352. The van der Waals surface area contributed by atoms with Gasteiger partial charge in [0, 0.05) is 19.3 Å². The van der Waals surface area contributed by atoms with Crippen molar-refractivity contribution in [2.45, 2.75) is 25.7 Å². The molecule has 2 aliphatic rings. The van der Waals surface area contributed by atoms with Crippen LogP contribution in [-0.2, 0) is 24.1 Å². The fourth-order valence-corrected chi connectivity index (χ4v) is 1.56. The third-order valence-corrected chi connectivity index (χ3v) is 2.39. The van der Waals surface area contributed by atoms with E-state index in [2.05, 4.69) is 9.68 Å². The van der Waals surface area contributed by atoms with Gasteiger partial charge in [-0.1, -0.05) is 5.06 Å². The van der Waals surface area contributed by atoms with E-state index in [4.69, 9.17) is 0 Å². The van der Waals surface area contributed by atoms with Gasteiger partial charge in [0.15, 0.2) is 0 Å². The van der Waals surface area contributed by atoms with Gasteiger partial charge >= 0.3 is 6.16 Å². The van der Waals surface area contributed by atoms with Crippen LogP contribution in [0.5, 0.6) is 0 Å². The van der Waals surface area contributed by atoms with Gasteiger partial charge in [-0.25, -0.2) is 0 Å². The Hall–Kier alpha value is -2.12. The average molecular weight is 242 g/mol. The second kappa shape index (κ2) is 4.40. The molecule has 8 nitrogen and oxygen atoms in total. The van der Waals surface area contributed by atoms with E-state index >= 15 is 0 Å². The lowest BCUT2D eigenvalue weighted by Gasteiger charge is -2.16. The fraction of sp³-hybridized carbons (Fsp3) is 0.556. The van der Waals surface area contributed by atoms with Crippen molar-refractivity contribution in [3.8, 4) is 0 Å². The van der Waals surface area contributed by atoms with Crippen molar-refractivity contribution in [2.24, 2.45) is 0 Å². The van der Waals surface area contributed by atoms with E-state index in [0.717, 1.165) is 5.06 Å². The minimum absolute atomic E-state index is 0.00869. The molecule has 17 heavy (non-hydrogen) atoms. The summed E-state index contributed by atoms with van der Waals surface area (Å²) in [5.74, 6) is -1.53. The standard InChI is InChI=1S/C9H10N2O6/c12-6-2-1-5-10(6)16-9(15)17-11-7(13)3-4-8(11)14/h1-5H2. The topological polar surface area (TPSA) is 93.2 Å². The molecule has 92 valence electrons. The Kier molecular flexibility index (Phi) is 2.94. The maximum atomic E-state index is 11.2. The maximum Gasteiger partial charge on any atom is 0.559 e. The minimum atomic E-state index is -1.26. The van der Waals surface area contributed by atoms with E-state index in [-0.39, 0.29) is 25.3 Å². The van der Waals surface area contributed by atoms with E-state index in [9.17, 15) is 19.2 Å². The van der Waals surface area contributed by atoms with Crippen LogP contribution in [0.3, 0.4) is 0 Å². The molecule has 3 amide bonds. The second-order valence-electron chi connectivity index (χ2n) is 3.61. The molecule has 2 rings (SSSR count). The quantitative estimate of drug-likeness (QED) is 0.619. The number of nitrogens with zero attached hydrogens (tertiary/aromatic N) is 2. The normalized spacial score (nSPS) is 20.1. The first-order chi connectivity index (χ1) is 8.08. The number of carbonyl (C=O) groups excluding carboxylic acids is 4. The van der Waals surface area contributed by atoms with Gasteiger partial charge in [0.2, 0.25) is 0 Å². The average Bonchev–Trinajstić information content (AvgIpc) is 2.80. The zero-order valence-corrected chi connectivity index (χ0v) is 8.88. The molecule has 0 spiro atoms. The zero-order valence-electron chi connectivity index (χ0n) is 8.88. The van der Waals surface area contributed by atoms with Gasteiger partial charge in [0.05, 0.1) is 6.54 Å². The monoisotopic (exact) mass is 242 g/mol. The number of hydrogen-bond acceptors (Lipinski definition) is 6. The highest BCUT2D eigenvalue weighted by molar-refractivity contribution is 6.01. The summed E-state index contributed by atoms with van der Waals surface area (Å²) >= 11 is 0. The van der Waals surface area contributed by atoms with Crippen molar-refractivity contribution < 1.29 is 28.9 Å². The van der Waals surface area contributed by atoms with Crippen molar-refractivity contribution in [1.82, 2.24) is 10.1 Å². The molecule has 2 saturated heterocycles. The molecule has 0 saturated carbocycles. The van der Waals surface area contributed by atoms with Crippen LogP contribution in [0, 0.1) is 0 Å². The Bertz CT molecular complexity index is 377. The molecular weight excluding hydrogens is 232 g/mol. The molecule has 0 atom stereocenters. The van der Waals surface area contributed by atoms with Crippen LogP contribution < -0.4 is 0 Å². The van der Waals surface area contributed by atoms with Crippen molar-refractivity contribution in [3.63, 3.8) is 0 Å². The van der Waals surface area contributed by atoms with E-state index in [1.807, 2.05) is 0 Å². The predicted molar refractivity (Wildman–Crippen MR) is 49.6 cm³/mol. The summed E-state index contributed by atoms with van der Waals surface area (Å²) < 4.78 is 0. The van der Waals surface area contributed by atoms with Crippen LogP contribution in [-0.4, -0.2) is 40.5 Å². The predicted octanol–water partition coefficient (Wildman–Crippen LogP) is -0.259. The molecule has 0 aromatic rings. The highest BCUT2D eigenvalue weighted by Crippen LogP contribution is 2.14. The summed E-state index contributed by atoms with van der Waals surface area (Å²) in [5, 5.41) is 1.22. The highest BCUT2D eigenvalue weighted by Gasteiger charge is 2.35. The minimum Gasteiger partial charge on any atom is -0.301 e. The Labute approximate surface area is 95.9 Å². The van der Waals surface area contributed by atoms with E-state index in [0.29, 0.717) is 17.9 Å². The molecule has 8 heteroatoms. The number of amides is 3. The Morgan fingerprint density at radius 1 is 0.941 bits per heavy atom. The third kappa shape index (κ3) is 2.35. The molecular formula is C9H10N2O6. The molecule has 0 bridgehead atoms. The summed E-state index contributed by atoms with van der Waals surface area (Å²) in [7, 11) is 0. The van der Waals surface area contributed by atoms with Gasteiger partial charge in [0.1, 0.15) is 0 Å². The fourth-order valence-electron chi connectivity index (χ4n) is 1.56. The summed E-state index contributed by atoms with van der Waals surface area (Å²) in [6.45, 7) is 0.288. The van der Waals surface area contributed by atoms with E-state index in [1.165, 1.54) is 0 Å². The first-order valence-corrected chi connectivity index (χ1v) is 5.14. The molecule has 2 aliphatic heterocycles. The van der Waals surface area contributed by atoms with Gasteiger partial charge in [-0.15, -0.1) is 0 Å². The van der Waals surface area contributed by atoms with Gasteiger partial charge in [-0.3, -0.25) is 19.2 Å². The van der Waals surface area contributed by atoms with Gasteiger partial charge in [-0.2, -0.15) is 9.86 Å². The molecule has 0 unspecified atom stereocenters. The maximum absolute atomic E-state index is 11.2. The van der Waals surface area contributed by atoms with Crippen molar-refractivity contribution >= 4 is 23.9 Å².